The Morgan fingerprint density at radius 2 is 1.87 bits per heavy atom. The van der Waals surface area contributed by atoms with E-state index in [0.29, 0.717) is 0 Å². The van der Waals surface area contributed by atoms with Crippen molar-refractivity contribution in [3.63, 3.8) is 0 Å². The Morgan fingerprint density at radius 1 is 1.20 bits per heavy atom. The van der Waals surface area contributed by atoms with Gasteiger partial charge in [0.25, 0.3) is 0 Å². The van der Waals surface area contributed by atoms with E-state index >= 15 is 0 Å². The topological polar surface area (TPSA) is 72.8 Å². The maximum atomic E-state index is 11.1. The van der Waals surface area contributed by atoms with Crippen LogP contribution >= 0.6 is 0 Å². The summed E-state index contributed by atoms with van der Waals surface area (Å²) in [5.41, 5.74) is 0. The second-order valence-electron chi connectivity index (χ2n) is 2.70. The molecule has 0 aliphatic rings. The van der Waals surface area contributed by atoms with Gasteiger partial charge in [-0.25, -0.2) is 4.18 Å². The molecule has 0 radical (unpaired) electrons. The molecule has 0 aliphatic heterocycles. The van der Waals surface area contributed by atoms with Crippen molar-refractivity contribution in [1.82, 2.24) is 0 Å². The molecule has 5 nitrogen and oxygen atoms in total. The van der Waals surface area contributed by atoms with Gasteiger partial charge >= 0.3 is 10.4 Å². The molecule has 6 heteroatoms. The van der Waals surface area contributed by atoms with Gasteiger partial charge in [-0.1, -0.05) is 18.2 Å². The van der Waals surface area contributed by atoms with Crippen molar-refractivity contribution in [3.8, 4) is 5.75 Å². The second kappa shape index (κ2) is 5.69. The molecule has 0 aromatic heterocycles. The molecule has 0 unspecified atom stereocenters. The zero-order chi connectivity index (χ0) is 11.1. The van der Waals surface area contributed by atoms with Crippen molar-refractivity contribution in [2.45, 2.75) is 6.42 Å². The van der Waals surface area contributed by atoms with Crippen molar-refractivity contribution >= 4 is 10.4 Å². The highest BCUT2D eigenvalue weighted by molar-refractivity contribution is 7.82. The molecule has 0 spiro atoms. The molecule has 1 aromatic carbocycles. The minimum absolute atomic E-state index is 0.0916. The lowest BCUT2D eigenvalue weighted by Crippen LogP contribution is -2.14. The summed E-state index contributed by atoms with van der Waals surface area (Å²) in [5.74, 6) is 0.196. The summed E-state index contributed by atoms with van der Waals surface area (Å²) in [6, 6.07) is 8.06. The number of para-hydroxylation sites is 1. The highest BCUT2D eigenvalue weighted by atomic mass is 32.3. The molecule has 15 heavy (non-hydrogen) atoms. The van der Waals surface area contributed by atoms with Crippen LogP contribution in [0, 0.1) is 0 Å². The van der Waals surface area contributed by atoms with E-state index in [-0.39, 0.29) is 25.4 Å². The maximum Gasteiger partial charge on any atom is 0.449 e. The zero-order valence-corrected chi connectivity index (χ0v) is 8.81. The van der Waals surface area contributed by atoms with Crippen molar-refractivity contribution in [3.05, 3.63) is 30.3 Å². The van der Waals surface area contributed by atoms with Crippen LogP contribution in [0.2, 0.25) is 0 Å². The maximum absolute atomic E-state index is 11.1. The van der Waals surface area contributed by atoms with Crippen LogP contribution in [-0.4, -0.2) is 26.7 Å². The summed E-state index contributed by atoms with van der Waals surface area (Å²) in [6.07, 6.45) is 0.247. The first-order valence-electron chi connectivity index (χ1n) is 4.39. The molecule has 1 rings (SSSR count). The molecular weight excluding hydrogens is 220 g/mol. The predicted octanol–water partition coefficient (Wildman–Crippen LogP) is 0.709. The lowest BCUT2D eigenvalue weighted by atomic mass is 10.3. The fourth-order valence-electron chi connectivity index (χ4n) is 0.843. The predicted molar refractivity (Wildman–Crippen MR) is 53.6 cm³/mol. The third-order valence-corrected chi connectivity index (χ3v) is 2.32. The van der Waals surface area contributed by atoms with Crippen molar-refractivity contribution < 1.29 is 21.9 Å². The Bertz CT molecular complexity index is 373. The molecule has 0 saturated carbocycles. The van der Waals surface area contributed by atoms with Gasteiger partial charge in [0.15, 0.2) is 0 Å². The Labute approximate surface area is 88.6 Å². The van der Waals surface area contributed by atoms with Crippen molar-refractivity contribution in [1.29, 1.82) is 0 Å². The number of aliphatic hydroxyl groups excluding tert-OH is 1. The fraction of sp³-hybridized carbons (Fsp3) is 0.333. The zero-order valence-electron chi connectivity index (χ0n) is 8.00. The van der Waals surface area contributed by atoms with E-state index in [1.807, 2.05) is 0 Å². The normalized spacial score (nSPS) is 11.3. The van der Waals surface area contributed by atoms with E-state index in [0.717, 1.165) is 0 Å². The molecule has 1 aromatic rings. The van der Waals surface area contributed by atoms with Crippen LogP contribution in [0.15, 0.2) is 30.3 Å². The highest BCUT2D eigenvalue weighted by Gasteiger charge is 2.12. The fourth-order valence-corrected chi connectivity index (χ4v) is 1.56. The van der Waals surface area contributed by atoms with Crippen molar-refractivity contribution in [2.24, 2.45) is 0 Å². The van der Waals surface area contributed by atoms with Gasteiger partial charge in [0, 0.05) is 6.61 Å². The van der Waals surface area contributed by atoms with E-state index in [2.05, 4.69) is 8.37 Å². The van der Waals surface area contributed by atoms with Gasteiger partial charge in [0.2, 0.25) is 0 Å². The molecule has 0 amide bonds. The van der Waals surface area contributed by atoms with Gasteiger partial charge in [0.1, 0.15) is 5.75 Å². The molecule has 0 fully saturated rings. The molecule has 0 heterocycles. The summed E-state index contributed by atoms with van der Waals surface area (Å²) in [6.45, 7) is -0.216. The lowest BCUT2D eigenvalue weighted by Gasteiger charge is -2.05. The SMILES string of the molecule is O=S(=O)(OCCCO)Oc1ccccc1. The summed E-state index contributed by atoms with van der Waals surface area (Å²) in [4.78, 5) is 0. The van der Waals surface area contributed by atoms with Crippen LogP contribution in [0.1, 0.15) is 6.42 Å². The molecule has 0 atom stereocenters. The summed E-state index contributed by atoms with van der Waals surface area (Å²) in [7, 11) is -4.02. The Hall–Kier alpha value is -1.11. The van der Waals surface area contributed by atoms with Gasteiger partial charge < -0.3 is 9.29 Å². The van der Waals surface area contributed by atoms with Crippen LogP contribution in [-0.2, 0) is 14.6 Å². The average molecular weight is 232 g/mol. The third kappa shape index (κ3) is 4.78. The van der Waals surface area contributed by atoms with E-state index in [9.17, 15) is 8.42 Å². The summed E-state index contributed by atoms with van der Waals surface area (Å²) in [5, 5.41) is 8.44. The summed E-state index contributed by atoms with van der Waals surface area (Å²) >= 11 is 0. The minimum atomic E-state index is -4.02. The second-order valence-corrected chi connectivity index (χ2v) is 3.92. The number of rotatable bonds is 6. The van der Waals surface area contributed by atoms with Gasteiger partial charge in [0.05, 0.1) is 6.61 Å². The van der Waals surface area contributed by atoms with Crippen LogP contribution in [0.5, 0.6) is 5.75 Å². The number of aliphatic hydroxyl groups is 1. The molecule has 84 valence electrons. The summed E-state index contributed by atoms with van der Waals surface area (Å²) < 4.78 is 31.4. The van der Waals surface area contributed by atoms with Crippen LogP contribution in [0.25, 0.3) is 0 Å². The first-order valence-corrected chi connectivity index (χ1v) is 5.72. The third-order valence-electron chi connectivity index (χ3n) is 1.47. The largest absolute Gasteiger partial charge is 0.449 e. The van der Waals surface area contributed by atoms with Gasteiger partial charge in [-0.15, -0.1) is 0 Å². The first kappa shape index (κ1) is 12.0. The molecular formula is C9H12O5S. The van der Waals surface area contributed by atoms with Gasteiger partial charge in [-0.3, -0.25) is 0 Å². The van der Waals surface area contributed by atoms with E-state index < -0.39 is 10.4 Å². The van der Waals surface area contributed by atoms with E-state index in [1.165, 1.54) is 12.1 Å². The van der Waals surface area contributed by atoms with Gasteiger partial charge in [-0.05, 0) is 18.6 Å². The smallest absolute Gasteiger partial charge is 0.396 e. The number of hydrogen-bond donors (Lipinski definition) is 1. The van der Waals surface area contributed by atoms with E-state index in [4.69, 9.17) is 5.11 Å². The standard InChI is InChI=1S/C9H12O5S/c10-7-4-8-13-15(11,12)14-9-5-2-1-3-6-9/h1-3,5-6,10H,4,7-8H2. The molecule has 0 bridgehead atoms. The average Bonchev–Trinajstić information content (AvgIpc) is 2.18. The van der Waals surface area contributed by atoms with Crippen LogP contribution in [0.4, 0.5) is 0 Å². The number of benzene rings is 1. The van der Waals surface area contributed by atoms with E-state index in [1.54, 1.807) is 18.2 Å². The van der Waals surface area contributed by atoms with Crippen molar-refractivity contribution in [2.75, 3.05) is 13.2 Å². The molecule has 0 saturated heterocycles. The number of hydrogen-bond acceptors (Lipinski definition) is 5. The monoisotopic (exact) mass is 232 g/mol. The lowest BCUT2D eigenvalue weighted by molar-refractivity contribution is 0.221. The first-order chi connectivity index (χ1) is 7.14. The van der Waals surface area contributed by atoms with Crippen LogP contribution in [0.3, 0.4) is 0 Å². The quantitative estimate of drug-likeness (QED) is 0.731. The Morgan fingerprint density at radius 3 is 2.47 bits per heavy atom. The Balaban J connectivity index is 2.50. The molecule has 1 N–H and O–H groups in total. The minimum Gasteiger partial charge on any atom is -0.396 e. The Kier molecular flexibility index (Phi) is 4.54. The van der Waals surface area contributed by atoms with Crippen LogP contribution < -0.4 is 4.18 Å². The highest BCUT2D eigenvalue weighted by Crippen LogP contribution is 2.12. The molecule has 0 aliphatic carbocycles. The van der Waals surface area contributed by atoms with Gasteiger partial charge in [-0.2, -0.15) is 8.42 Å².